The molecule has 2 aromatic carbocycles. The van der Waals surface area contributed by atoms with Crippen LogP contribution in [-0.2, 0) is 14.3 Å². The van der Waals surface area contributed by atoms with Gasteiger partial charge in [-0.2, -0.15) is 0 Å². The molecule has 1 saturated heterocycles. The summed E-state index contributed by atoms with van der Waals surface area (Å²) in [6, 6.07) is 9.11. The van der Waals surface area contributed by atoms with E-state index in [2.05, 4.69) is 20.6 Å². The maximum absolute atomic E-state index is 15.2. The number of thiophene rings is 1. The fraction of sp³-hybridized carbons (Fsp3) is 0.276. The SMILES string of the molecule is Cc1c(C(=O)N2CCOCC2)sc2ncnc(Oc3ccc(NC(=O)C4(C(=O)Nc5ccc(F)cc5)CC4)cc3F)c12. The fourth-order valence-electron chi connectivity index (χ4n) is 4.71. The number of morpholine rings is 1. The van der Waals surface area contributed by atoms with Crippen LogP contribution < -0.4 is 15.4 Å². The van der Waals surface area contributed by atoms with E-state index in [1.54, 1.807) is 11.8 Å². The van der Waals surface area contributed by atoms with Gasteiger partial charge in [0.1, 0.15) is 22.4 Å². The Morgan fingerprint density at radius 1 is 0.976 bits per heavy atom. The van der Waals surface area contributed by atoms with Crippen molar-refractivity contribution in [1.29, 1.82) is 0 Å². The molecule has 2 aliphatic rings. The molecule has 3 heterocycles. The molecule has 13 heteroatoms. The van der Waals surface area contributed by atoms with Gasteiger partial charge in [0.2, 0.25) is 17.7 Å². The quantitative estimate of drug-likeness (QED) is 0.292. The van der Waals surface area contributed by atoms with Crippen molar-refractivity contribution < 1.29 is 32.6 Å². The molecule has 42 heavy (non-hydrogen) atoms. The lowest BCUT2D eigenvalue weighted by atomic mass is 10.0. The first-order chi connectivity index (χ1) is 20.2. The van der Waals surface area contributed by atoms with Crippen LogP contribution in [-0.4, -0.2) is 58.9 Å². The molecule has 0 atom stereocenters. The lowest BCUT2D eigenvalue weighted by Crippen LogP contribution is -2.40. The largest absolute Gasteiger partial charge is 0.435 e. The number of aryl methyl sites for hydroxylation is 1. The van der Waals surface area contributed by atoms with Crippen LogP contribution >= 0.6 is 11.3 Å². The highest BCUT2D eigenvalue weighted by molar-refractivity contribution is 7.20. The molecular formula is C29H25F2N5O5S. The molecule has 3 amide bonds. The molecule has 2 fully saturated rings. The van der Waals surface area contributed by atoms with E-state index in [1.807, 2.05) is 0 Å². The van der Waals surface area contributed by atoms with Gasteiger partial charge < -0.3 is 25.0 Å². The Morgan fingerprint density at radius 2 is 1.64 bits per heavy atom. The standard InChI is InChI=1S/C29H25F2N5O5S/c1-16-22-24(32-15-33-25(22)42-23(16)26(37)36-10-12-40-13-11-36)41-21-7-6-19(14-20(21)31)35-28(39)29(8-9-29)27(38)34-18-4-2-17(30)3-5-18/h2-7,14-15H,8-13H2,1H3,(H,34,38)(H,35,39). The minimum atomic E-state index is -1.29. The van der Waals surface area contributed by atoms with Crippen molar-refractivity contribution in [3.8, 4) is 11.6 Å². The molecule has 2 N–H and O–H groups in total. The van der Waals surface area contributed by atoms with Crippen LogP contribution in [0.5, 0.6) is 11.6 Å². The molecule has 1 saturated carbocycles. The van der Waals surface area contributed by atoms with Gasteiger partial charge in [-0.3, -0.25) is 14.4 Å². The van der Waals surface area contributed by atoms with E-state index in [0.29, 0.717) is 65.5 Å². The summed E-state index contributed by atoms with van der Waals surface area (Å²) in [5, 5.41) is 5.75. The Labute approximate surface area is 242 Å². The fourth-order valence-corrected chi connectivity index (χ4v) is 5.82. The third-order valence-corrected chi connectivity index (χ3v) is 8.49. The number of amides is 3. The normalized spacial score (nSPS) is 15.7. The van der Waals surface area contributed by atoms with Crippen LogP contribution in [0.15, 0.2) is 48.8 Å². The zero-order chi connectivity index (χ0) is 29.4. The molecule has 4 aromatic rings. The number of nitrogens with one attached hydrogen (secondary N) is 2. The second-order valence-corrected chi connectivity index (χ2v) is 11.1. The predicted molar refractivity (Wildman–Crippen MR) is 151 cm³/mol. The smallest absolute Gasteiger partial charge is 0.264 e. The highest BCUT2D eigenvalue weighted by Gasteiger charge is 2.56. The van der Waals surface area contributed by atoms with Gasteiger partial charge in [0.05, 0.1) is 23.5 Å². The van der Waals surface area contributed by atoms with Gasteiger partial charge in [0.15, 0.2) is 11.6 Å². The highest BCUT2D eigenvalue weighted by atomic mass is 32.1. The van der Waals surface area contributed by atoms with Crippen molar-refractivity contribution >= 4 is 50.6 Å². The molecule has 0 bridgehead atoms. The average Bonchev–Trinajstić information content (AvgIpc) is 3.74. The van der Waals surface area contributed by atoms with Gasteiger partial charge >= 0.3 is 0 Å². The summed E-state index contributed by atoms with van der Waals surface area (Å²) >= 11 is 1.22. The first kappa shape index (κ1) is 27.7. The van der Waals surface area contributed by atoms with E-state index in [9.17, 15) is 18.8 Å². The highest BCUT2D eigenvalue weighted by Crippen LogP contribution is 2.47. The van der Waals surface area contributed by atoms with Gasteiger partial charge in [-0.15, -0.1) is 11.3 Å². The number of aromatic nitrogens is 2. The molecule has 6 rings (SSSR count). The lowest BCUT2D eigenvalue weighted by Gasteiger charge is -2.26. The van der Waals surface area contributed by atoms with Gasteiger partial charge in [0.25, 0.3) is 5.91 Å². The Bertz CT molecular complexity index is 1700. The number of rotatable bonds is 7. The van der Waals surface area contributed by atoms with E-state index in [4.69, 9.17) is 9.47 Å². The summed E-state index contributed by atoms with van der Waals surface area (Å²) < 4.78 is 39.5. The summed E-state index contributed by atoms with van der Waals surface area (Å²) in [5.41, 5.74) is -0.145. The second kappa shape index (κ2) is 11.1. The molecule has 0 unspecified atom stereocenters. The van der Waals surface area contributed by atoms with Gasteiger partial charge in [-0.05, 0) is 61.7 Å². The van der Waals surface area contributed by atoms with Crippen molar-refractivity contribution in [3.63, 3.8) is 0 Å². The molecule has 1 aliphatic carbocycles. The van der Waals surface area contributed by atoms with Crippen molar-refractivity contribution in [2.45, 2.75) is 19.8 Å². The van der Waals surface area contributed by atoms with Crippen LogP contribution in [0.3, 0.4) is 0 Å². The minimum Gasteiger partial charge on any atom is -0.435 e. The first-order valence-corrected chi connectivity index (χ1v) is 14.0. The molecule has 10 nitrogen and oxygen atoms in total. The number of ether oxygens (including phenoxy) is 2. The number of benzene rings is 2. The minimum absolute atomic E-state index is 0.0971. The topological polar surface area (TPSA) is 123 Å². The zero-order valence-electron chi connectivity index (χ0n) is 22.4. The molecule has 1 aliphatic heterocycles. The van der Waals surface area contributed by atoms with Crippen molar-refractivity contribution in [2.75, 3.05) is 36.9 Å². The Hall–Kier alpha value is -4.49. The van der Waals surface area contributed by atoms with Crippen LogP contribution in [0.1, 0.15) is 28.1 Å². The summed E-state index contributed by atoms with van der Waals surface area (Å²) in [6.45, 7) is 3.72. The second-order valence-electron chi connectivity index (χ2n) is 10.1. The third kappa shape index (κ3) is 5.28. The zero-order valence-corrected chi connectivity index (χ0v) is 23.2. The Balaban J connectivity index is 1.17. The molecule has 2 aromatic heterocycles. The van der Waals surface area contributed by atoms with E-state index in [-0.39, 0.29) is 23.2 Å². The van der Waals surface area contributed by atoms with Crippen molar-refractivity contribution in [3.05, 3.63) is 70.9 Å². The van der Waals surface area contributed by atoms with Crippen LogP contribution in [0, 0.1) is 24.0 Å². The summed E-state index contributed by atoms with van der Waals surface area (Å²) in [4.78, 5) is 50.1. The molecule has 0 spiro atoms. The number of carbonyl (C=O) groups excluding carboxylic acids is 3. The summed E-state index contributed by atoms with van der Waals surface area (Å²) in [7, 11) is 0. The van der Waals surface area contributed by atoms with Gasteiger partial charge in [-0.1, -0.05) is 0 Å². The van der Waals surface area contributed by atoms with Crippen LogP contribution in [0.2, 0.25) is 0 Å². The predicted octanol–water partition coefficient (Wildman–Crippen LogP) is 4.90. The van der Waals surface area contributed by atoms with E-state index < -0.39 is 28.9 Å². The maximum Gasteiger partial charge on any atom is 0.264 e. The number of anilines is 2. The van der Waals surface area contributed by atoms with Crippen LogP contribution in [0.4, 0.5) is 20.2 Å². The van der Waals surface area contributed by atoms with E-state index >= 15 is 4.39 Å². The number of carbonyl (C=O) groups is 3. The Morgan fingerprint density at radius 3 is 2.31 bits per heavy atom. The number of hydrogen-bond acceptors (Lipinski definition) is 8. The first-order valence-electron chi connectivity index (χ1n) is 13.2. The average molecular weight is 594 g/mol. The van der Waals surface area contributed by atoms with Gasteiger partial charge in [-0.25, -0.2) is 18.7 Å². The monoisotopic (exact) mass is 593 g/mol. The van der Waals surface area contributed by atoms with E-state index in [1.165, 1.54) is 54.1 Å². The number of fused-ring (bicyclic) bond motifs is 1. The summed E-state index contributed by atoms with van der Waals surface area (Å²) in [6.07, 6.45) is 1.94. The van der Waals surface area contributed by atoms with Crippen LogP contribution in [0.25, 0.3) is 10.2 Å². The Kier molecular flexibility index (Phi) is 7.29. The number of hydrogen-bond donors (Lipinski definition) is 2. The number of halogens is 2. The van der Waals surface area contributed by atoms with E-state index in [0.717, 1.165) is 6.07 Å². The van der Waals surface area contributed by atoms with Gasteiger partial charge in [0, 0.05) is 30.5 Å². The number of nitrogens with zero attached hydrogens (tertiary/aromatic N) is 3. The maximum atomic E-state index is 15.2. The molecule has 216 valence electrons. The van der Waals surface area contributed by atoms with Crippen molar-refractivity contribution in [2.24, 2.45) is 5.41 Å². The van der Waals surface area contributed by atoms with Crippen molar-refractivity contribution in [1.82, 2.24) is 14.9 Å². The third-order valence-electron chi connectivity index (χ3n) is 7.30. The summed E-state index contributed by atoms with van der Waals surface area (Å²) in [5.74, 6) is -2.47. The lowest BCUT2D eigenvalue weighted by molar-refractivity contribution is -0.131. The molecule has 0 radical (unpaired) electrons. The molecular weight excluding hydrogens is 568 g/mol.